The van der Waals surface area contributed by atoms with E-state index >= 15 is 0 Å². The first-order valence-corrected chi connectivity index (χ1v) is 9.69. The number of rotatable bonds is 8. The molecular weight excluding hydrogens is 402 g/mol. The minimum atomic E-state index is -1.17. The number of phenols is 1. The molecule has 162 valence electrons. The zero-order valence-electron chi connectivity index (χ0n) is 17.2. The van der Waals surface area contributed by atoms with Crippen molar-refractivity contribution in [2.75, 3.05) is 7.11 Å². The number of amides is 1. The fraction of sp³-hybridized carbons (Fsp3) is 0.261. The average molecular weight is 425 g/mol. The largest absolute Gasteiger partial charge is 0.508 e. The zero-order valence-corrected chi connectivity index (χ0v) is 17.2. The fourth-order valence-electron chi connectivity index (χ4n) is 3.36. The molecule has 0 saturated heterocycles. The number of benzene rings is 2. The molecule has 31 heavy (non-hydrogen) atoms. The minimum absolute atomic E-state index is 0.0629. The van der Waals surface area contributed by atoms with Crippen molar-refractivity contribution in [2.45, 2.75) is 32.2 Å². The quantitative estimate of drug-likeness (QED) is 0.474. The number of methoxy groups -OCH3 is 1. The van der Waals surface area contributed by atoms with Crippen molar-refractivity contribution in [1.29, 1.82) is 0 Å². The van der Waals surface area contributed by atoms with E-state index in [0.29, 0.717) is 28.0 Å². The van der Waals surface area contributed by atoms with Crippen LogP contribution < -0.4 is 15.7 Å². The summed E-state index contributed by atoms with van der Waals surface area (Å²) in [6.45, 7) is 1.78. The molecule has 3 N–H and O–H groups in total. The molecule has 0 fully saturated rings. The minimum Gasteiger partial charge on any atom is -0.508 e. The number of hydrogen-bond acceptors (Lipinski definition) is 6. The van der Waals surface area contributed by atoms with Crippen LogP contribution in [-0.4, -0.2) is 35.2 Å². The van der Waals surface area contributed by atoms with Crippen LogP contribution in [0.4, 0.5) is 0 Å². The third-order valence-electron chi connectivity index (χ3n) is 5.11. The van der Waals surface area contributed by atoms with E-state index in [1.165, 1.54) is 19.2 Å². The molecule has 0 aliphatic carbocycles. The van der Waals surface area contributed by atoms with E-state index in [2.05, 4.69) is 5.32 Å². The Morgan fingerprint density at radius 3 is 2.52 bits per heavy atom. The number of fused-ring (bicyclic) bond motifs is 1. The van der Waals surface area contributed by atoms with Gasteiger partial charge in [-0.15, -0.1) is 0 Å². The Bertz CT molecular complexity index is 1160. The lowest BCUT2D eigenvalue weighted by atomic mass is 10.0. The van der Waals surface area contributed by atoms with E-state index in [-0.39, 0.29) is 25.0 Å². The van der Waals surface area contributed by atoms with E-state index in [1.807, 2.05) is 0 Å². The van der Waals surface area contributed by atoms with Crippen LogP contribution in [0.3, 0.4) is 0 Å². The third-order valence-corrected chi connectivity index (χ3v) is 5.11. The van der Waals surface area contributed by atoms with Crippen LogP contribution in [-0.2, 0) is 22.4 Å². The normalized spacial score (nSPS) is 11.8. The van der Waals surface area contributed by atoms with Crippen molar-refractivity contribution in [3.63, 3.8) is 0 Å². The summed E-state index contributed by atoms with van der Waals surface area (Å²) in [6, 6.07) is 10.1. The Hall–Kier alpha value is -3.81. The summed E-state index contributed by atoms with van der Waals surface area (Å²) in [5, 5.41) is 22.0. The van der Waals surface area contributed by atoms with Crippen molar-refractivity contribution in [3.05, 3.63) is 69.6 Å². The van der Waals surface area contributed by atoms with Gasteiger partial charge in [0.1, 0.15) is 23.1 Å². The van der Waals surface area contributed by atoms with Crippen LogP contribution in [0.1, 0.15) is 23.1 Å². The molecule has 0 radical (unpaired) electrons. The van der Waals surface area contributed by atoms with Gasteiger partial charge in [0.05, 0.1) is 7.11 Å². The second-order valence-corrected chi connectivity index (χ2v) is 7.18. The lowest BCUT2D eigenvalue weighted by molar-refractivity contribution is -0.141. The van der Waals surface area contributed by atoms with Gasteiger partial charge in [-0.1, -0.05) is 12.1 Å². The maximum Gasteiger partial charge on any atom is 0.339 e. The van der Waals surface area contributed by atoms with Crippen LogP contribution in [0.15, 0.2) is 51.7 Å². The van der Waals surface area contributed by atoms with Gasteiger partial charge in [0, 0.05) is 29.9 Å². The highest BCUT2D eigenvalue weighted by Gasteiger charge is 2.21. The van der Waals surface area contributed by atoms with E-state index in [0.717, 1.165) is 5.39 Å². The molecule has 0 aliphatic rings. The molecule has 3 aromatic rings. The molecule has 8 heteroatoms. The van der Waals surface area contributed by atoms with Crippen molar-refractivity contribution in [3.8, 4) is 11.5 Å². The molecule has 0 aliphatic heterocycles. The number of hydrogen-bond donors (Lipinski definition) is 3. The SMILES string of the molecule is COc1ccc2c(C)c(CCC(=O)N[C@@H](Cc3ccc(O)cc3)C(=O)O)c(=O)oc2c1. The molecule has 0 spiro atoms. The number of aromatic hydroxyl groups is 1. The molecule has 1 amide bonds. The van der Waals surface area contributed by atoms with Gasteiger partial charge in [0.25, 0.3) is 0 Å². The molecule has 1 atom stereocenters. The van der Waals surface area contributed by atoms with E-state index < -0.39 is 23.5 Å². The van der Waals surface area contributed by atoms with Gasteiger partial charge in [-0.25, -0.2) is 9.59 Å². The number of carbonyl (C=O) groups is 2. The Morgan fingerprint density at radius 1 is 1.16 bits per heavy atom. The molecule has 1 aromatic heterocycles. The topological polar surface area (TPSA) is 126 Å². The number of aliphatic carboxylic acids is 1. The third kappa shape index (κ3) is 5.22. The number of phenolic OH excluding ortho intramolecular Hbond substituents is 1. The van der Waals surface area contributed by atoms with Gasteiger partial charge in [-0.05, 0) is 48.7 Å². The maximum absolute atomic E-state index is 12.4. The lowest BCUT2D eigenvalue weighted by Crippen LogP contribution is -2.42. The number of carbonyl (C=O) groups excluding carboxylic acids is 1. The van der Waals surface area contributed by atoms with Crippen LogP contribution in [0.25, 0.3) is 11.0 Å². The highest BCUT2D eigenvalue weighted by atomic mass is 16.5. The summed E-state index contributed by atoms with van der Waals surface area (Å²) >= 11 is 0. The lowest BCUT2D eigenvalue weighted by Gasteiger charge is -2.15. The second kappa shape index (κ2) is 9.34. The summed E-state index contributed by atoms with van der Waals surface area (Å²) in [4.78, 5) is 36.3. The van der Waals surface area contributed by atoms with Gasteiger partial charge < -0.3 is 24.7 Å². The van der Waals surface area contributed by atoms with E-state index in [1.54, 1.807) is 37.3 Å². The number of carboxylic acid groups (broad SMARTS) is 1. The Morgan fingerprint density at radius 2 is 1.87 bits per heavy atom. The summed E-state index contributed by atoms with van der Waals surface area (Å²) in [5.41, 5.74) is 1.60. The Balaban J connectivity index is 1.70. The van der Waals surface area contributed by atoms with Crippen molar-refractivity contribution < 1.29 is 29.0 Å². The van der Waals surface area contributed by atoms with Crippen molar-refractivity contribution in [2.24, 2.45) is 0 Å². The Labute approximate surface area is 178 Å². The molecule has 0 bridgehead atoms. The van der Waals surface area contributed by atoms with Gasteiger partial charge >= 0.3 is 11.6 Å². The maximum atomic E-state index is 12.4. The van der Waals surface area contributed by atoms with Crippen LogP contribution in [0.5, 0.6) is 11.5 Å². The molecule has 0 saturated carbocycles. The predicted octanol–water partition coefficient (Wildman–Crippen LogP) is 2.56. The predicted molar refractivity (Wildman–Crippen MR) is 113 cm³/mol. The van der Waals surface area contributed by atoms with E-state index in [4.69, 9.17) is 9.15 Å². The number of aryl methyl sites for hydroxylation is 1. The Kier molecular flexibility index (Phi) is 6.59. The number of ether oxygens (including phenoxy) is 1. The van der Waals surface area contributed by atoms with Crippen LogP contribution in [0, 0.1) is 6.92 Å². The number of carboxylic acids is 1. The first kappa shape index (κ1) is 21.9. The molecule has 1 heterocycles. The monoisotopic (exact) mass is 425 g/mol. The second-order valence-electron chi connectivity index (χ2n) is 7.18. The van der Waals surface area contributed by atoms with Gasteiger partial charge in [0.2, 0.25) is 5.91 Å². The fourth-order valence-corrected chi connectivity index (χ4v) is 3.36. The summed E-state index contributed by atoms with van der Waals surface area (Å²) in [5.74, 6) is -1.02. The molecule has 3 rings (SSSR count). The van der Waals surface area contributed by atoms with Gasteiger partial charge in [-0.3, -0.25) is 4.79 Å². The smallest absolute Gasteiger partial charge is 0.339 e. The zero-order chi connectivity index (χ0) is 22.5. The van der Waals surface area contributed by atoms with Crippen LogP contribution >= 0.6 is 0 Å². The summed E-state index contributed by atoms with van der Waals surface area (Å²) in [6.07, 6.45) is 0.125. The first-order valence-electron chi connectivity index (χ1n) is 9.69. The summed E-state index contributed by atoms with van der Waals surface area (Å²) < 4.78 is 10.5. The summed E-state index contributed by atoms with van der Waals surface area (Å²) in [7, 11) is 1.52. The van der Waals surface area contributed by atoms with Crippen LogP contribution in [0.2, 0.25) is 0 Å². The number of nitrogens with one attached hydrogen (secondary N) is 1. The van der Waals surface area contributed by atoms with Gasteiger partial charge in [-0.2, -0.15) is 0 Å². The molecule has 2 aromatic carbocycles. The molecular formula is C23H23NO7. The van der Waals surface area contributed by atoms with Crippen molar-refractivity contribution in [1.82, 2.24) is 5.32 Å². The van der Waals surface area contributed by atoms with Gasteiger partial charge in [0.15, 0.2) is 0 Å². The molecule has 0 unspecified atom stereocenters. The van der Waals surface area contributed by atoms with E-state index in [9.17, 15) is 24.6 Å². The van der Waals surface area contributed by atoms with Crippen molar-refractivity contribution >= 4 is 22.8 Å². The highest BCUT2D eigenvalue weighted by Crippen LogP contribution is 2.24. The average Bonchev–Trinajstić information content (AvgIpc) is 2.74. The highest BCUT2D eigenvalue weighted by molar-refractivity contribution is 5.85. The molecule has 8 nitrogen and oxygen atoms in total. The first-order chi connectivity index (χ1) is 14.8. The standard InChI is InChI=1S/C23H23NO7/c1-13-17-8-7-16(30-2)12-20(17)31-23(29)18(13)9-10-21(26)24-19(22(27)28)11-14-3-5-15(25)6-4-14/h3-8,12,19,25H,9-11H2,1-2H3,(H,24,26)(H,27,28)/t19-/m0/s1.